The fraction of sp³-hybridized carbons (Fsp3) is 0.231. The Kier molecular flexibility index (Phi) is 5.86. The lowest BCUT2D eigenvalue weighted by Crippen LogP contribution is -2.12. The van der Waals surface area contributed by atoms with E-state index in [1.54, 1.807) is 19.4 Å². The predicted octanol–water partition coefficient (Wildman–Crippen LogP) is 5.01. The SMILES string of the molecule is CCCc1ccc(-c2ccc(-n3ccnc3C)cc2OC)n1-c1ccc(C(N)=O)cc1C. The van der Waals surface area contributed by atoms with Crippen LogP contribution in [0.2, 0.25) is 0 Å². The van der Waals surface area contributed by atoms with Crippen molar-refractivity contribution in [2.45, 2.75) is 33.6 Å². The van der Waals surface area contributed by atoms with E-state index in [1.807, 2.05) is 42.8 Å². The second kappa shape index (κ2) is 8.75. The van der Waals surface area contributed by atoms with Crippen LogP contribution in [0.4, 0.5) is 0 Å². The van der Waals surface area contributed by atoms with Gasteiger partial charge >= 0.3 is 0 Å². The summed E-state index contributed by atoms with van der Waals surface area (Å²) in [5.41, 5.74) is 12.2. The number of aryl methyl sites for hydroxylation is 3. The lowest BCUT2D eigenvalue weighted by molar-refractivity contribution is 0.1000. The molecule has 32 heavy (non-hydrogen) atoms. The van der Waals surface area contributed by atoms with Gasteiger partial charge in [0.25, 0.3) is 0 Å². The summed E-state index contributed by atoms with van der Waals surface area (Å²) in [4.78, 5) is 16.0. The number of nitrogens with zero attached hydrogens (tertiary/aromatic N) is 3. The molecule has 2 N–H and O–H groups in total. The Morgan fingerprint density at radius 3 is 2.53 bits per heavy atom. The van der Waals surface area contributed by atoms with Crippen LogP contribution in [0.5, 0.6) is 5.75 Å². The summed E-state index contributed by atoms with van der Waals surface area (Å²) in [6, 6.07) is 16.1. The number of hydrogen-bond acceptors (Lipinski definition) is 3. The molecule has 0 spiro atoms. The maximum atomic E-state index is 11.6. The van der Waals surface area contributed by atoms with E-state index in [4.69, 9.17) is 10.5 Å². The van der Waals surface area contributed by atoms with Crippen LogP contribution < -0.4 is 10.5 Å². The first kappa shape index (κ1) is 21.4. The van der Waals surface area contributed by atoms with Crippen molar-refractivity contribution in [3.8, 4) is 28.4 Å². The van der Waals surface area contributed by atoms with Crippen molar-refractivity contribution in [3.05, 3.63) is 83.6 Å². The number of nitrogens with two attached hydrogens (primary N) is 1. The molecule has 0 fully saturated rings. The average molecular weight is 429 g/mol. The molecule has 0 aliphatic carbocycles. The Balaban J connectivity index is 1.88. The molecule has 0 bridgehead atoms. The highest BCUT2D eigenvalue weighted by molar-refractivity contribution is 5.93. The van der Waals surface area contributed by atoms with Crippen LogP contribution in [-0.2, 0) is 6.42 Å². The Bertz CT molecular complexity index is 1280. The number of aromatic nitrogens is 3. The molecular formula is C26H28N4O2. The van der Waals surface area contributed by atoms with Gasteiger partial charge in [0.1, 0.15) is 11.6 Å². The van der Waals surface area contributed by atoms with Gasteiger partial charge in [0, 0.05) is 41.0 Å². The van der Waals surface area contributed by atoms with Gasteiger partial charge in [-0.05, 0) is 68.3 Å². The maximum Gasteiger partial charge on any atom is 0.248 e. The molecule has 164 valence electrons. The summed E-state index contributed by atoms with van der Waals surface area (Å²) >= 11 is 0. The van der Waals surface area contributed by atoms with E-state index in [2.05, 4.69) is 40.7 Å². The highest BCUT2D eigenvalue weighted by atomic mass is 16.5. The number of primary amides is 1. The third kappa shape index (κ3) is 3.80. The first-order chi connectivity index (χ1) is 15.4. The standard InChI is InChI=1S/C26H28N4O2/c1-5-6-20-9-12-24(30(20)23-11-7-19(26(27)31)15-17(23)2)22-10-8-21(16-25(22)32-4)29-14-13-28-18(29)3/h7-16H,5-6H2,1-4H3,(H2,27,31). The molecule has 0 saturated heterocycles. The fourth-order valence-electron chi connectivity index (χ4n) is 4.18. The topological polar surface area (TPSA) is 75.1 Å². The lowest BCUT2D eigenvalue weighted by Gasteiger charge is -2.19. The van der Waals surface area contributed by atoms with E-state index in [1.165, 1.54) is 5.69 Å². The smallest absolute Gasteiger partial charge is 0.248 e. The number of carbonyl (C=O) groups excluding carboxylic acids is 1. The molecular weight excluding hydrogens is 400 g/mol. The van der Waals surface area contributed by atoms with E-state index < -0.39 is 5.91 Å². The number of benzene rings is 2. The Labute approximate surface area is 188 Å². The van der Waals surface area contributed by atoms with Crippen molar-refractivity contribution in [3.63, 3.8) is 0 Å². The molecule has 0 aliphatic heterocycles. The van der Waals surface area contributed by atoms with Crippen LogP contribution in [0.3, 0.4) is 0 Å². The second-order valence-corrected chi connectivity index (χ2v) is 7.89. The van der Waals surface area contributed by atoms with Crippen LogP contribution >= 0.6 is 0 Å². The first-order valence-corrected chi connectivity index (χ1v) is 10.7. The lowest BCUT2D eigenvalue weighted by atomic mass is 10.1. The third-order valence-corrected chi connectivity index (χ3v) is 5.76. The van der Waals surface area contributed by atoms with Gasteiger partial charge < -0.3 is 19.6 Å². The highest BCUT2D eigenvalue weighted by Gasteiger charge is 2.18. The van der Waals surface area contributed by atoms with Crippen LogP contribution in [0.25, 0.3) is 22.6 Å². The average Bonchev–Trinajstić information content (AvgIpc) is 3.39. The number of amides is 1. The van der Waals surface area contributed by atoms with Crippen molar-refractivity contribution in [2.24, 2.45) is 5.73 Å². The molecule has 0 radical (unpaired) electrons. The van der Waals surface area contributed by atoms with Crippen molar-refractivity contribution in [2.75, 3.05) is 7.11 Å². The number of rotatable bonds is 7. The van der Waals surface area contributed by atoms with Gasteiger partial charge in [0.2, 0.25) is 5.91 Å². The van der Waals surface area contributed by atoms with E-state index in [9.17, 15) is 4.79 Å². The van der Waals surface area contributed by atoms with Crippen LogP contribution in [0.1, 0.15) is 40.8 Å². The number of carbonyl (C=O) groups is 1. The van der Waals surface area contributed by atoms with E-state index in [0.717, 1.165) is 52.6 Å². The van der Waals surface area contributed by atoms with Gasteiger partial charge in [-0.2, -0.15) is 0 Å². The molecule has 0 atom stereocenters. The summed E-state index contributed by atoms with van der Waals surface area (Å²) in [6.07, 6.45) is 5.69. The zero-order valence-electron chi connectivity index (χ0n) is 18.9. The Morgan fingerprint density at radius 2 is 1.91 bits per heavy atom. The van der Waals surface area contributed by atoms with Crippen molar-refractivity contribution in [1.82, 2.24) is 14.1 Å². The van der Waals surface area contributed by atoms with Crippen molar-refractivity contribution >= 4 is 5.91 Å². The van der Waals surface area contributed by atoms with Gasteiger partial charge in [-0.15, -0.1) is 0 Å². The van der Waals surface area contributed by atoms with E-state index in [0.29, 0.717) is 5.56 Å². The zero-order chi connectivity index (χ0) is 22.8. The molecule has 0 saturated carbocycles. The normalized spacial score (nSPS) is 11.0. The third-order valence-electron chi connectivity index (χ3n) is 5.76. The summed E-state index contributed by atoms with van der Waals surface area (Å²) in [5.74, 6) is 1.27. The molecule has 6 nitrogen and oxygen atoms in total. The minimum Gasteiger partial charge on any atom is -0.496 e. The summed E-state index contributed by atoms with van der Waals surface area (Å²) in [6.45, 7) is 6.15. The van der Waals surface area contributed by atoms with E-state index in [-0.39, 0.29) is 0 Å². The highest BCUT2D eigenvalue weighted by Crippen LogP contribution is 2.36. The molecule has 4 rings (SSSR count). The molecule has 0 unspecified atom stereocenters. The molecule has 2 aromatic carbocycles. The Hall–Kier alpha value is -3.80. The van der Waals surface area contributed by atoms with Crippen LogP contribution in [0.15, 0.2) is 60.9 Å². The monoisotopic (exact) mass is 428 g/mol. The molecule has 1 amide bonds. The molecule has 2 heterocycles. The Morgan fingerprint density at radius 1 is 1.09 bits per heavy atom. The zero-order valence-corrected chi connectivity index (χ0v) is 18.9. The number of hydrogen-bond donors (Lipinski definition) is 1. The fourth-order valence-corrected chi connectivity index (χ4v) is 4.18. The van der Waals surface area contributed by atoms with Crippen LogP contribution in [0, 0.1) is 13.8 Å². The van der Waals surface area contributed by atoms with Crippen molar-refractivity contribution in [1.29, 1.82) is 0 Å². The first-order valence-electron chi connectivity index (χ1n) is 10.7. The van der Waals surface area contributed by atoms with E-state index >= 15 is 0 Å². The largest absolute Gasteiger partial charge is 0.496 e. The summed E-state index contributed by atoms with van der Waals surface area (Å²) < 4.78 is 10.1. The van der Waals surface area contributed by atoms with Gasteiger partial charge in [0.05, 0.1) is 18.5 Å². The van der Waals surface area contributed by atoms with Gasteiger partial charge in [-0.3, -0.25) is 4.79 Å². The molecule has 0 aliphatic rings. The number of ether oxygens (including phenoxy) is 1. The number of imidazole rings is 1. The quantitative estimate of drug-likeness (QED) is 0.450. The molecule has 2 aromatic heterocycles. The minimum absolute atomic E-state index is 0.423. The molecule has 4 aromatic rings. The predicted molar refractivity (Wildman–Crippen MR) is 127 cm³/mol. The van der Waals surface area contributed by atoms with Gasteiger partial charge in [0.15, 0.2) is 0 Å². The van der Waals surface area contributed by atoms with Gasteiger partial charge in [-0.1, -0.05) is 13.3 Å². The summed E-state index contributed by atoms with van der Waals surface area (Å²) in [5, 5.41) is 0. The molecule has 6 heteroatoms. The second-order valence-electron chi connectivity index (χ2n) is 7.89. The van der Waals surface area contributed by atoms with Crippen LogP contribution in [-0.4, -0.2) is 27.1 Å². The minimum atomic E-state index is -0.423. The maximum absolute atomic E-state index is 11.6. The van der Waals surface area contributed by atoms with Crippen molar-refractivity contribution < 1.29 is 9.53 Å². The summed E-state index contributed by atoms with van der Waals surface area (Å²) in [7, 11) is 1.69. The number of methoxy groups -OCH3 is 1. The van der Waals surface area contributed by atoms with Gasteiger partial charge in [-0.25, -0.2) is 4.98 Å².